The number of benzene rings is 2. The molecule has 2 amide bonds. The molecule has 0 atom stereocenters. The zero-order valence-electron chi connectivity index (χ0n) is 17.8. The topological polar surface area (TPSA) is 61.9 Å². The first kappa shape index (κ1) is 21.7. The number of likely N-dealkylation sites (N-methyl/N-ethyl adjacent to an activating group) is 1. The molecule has 2 fully saturated rings. The van der Waals surface area contributed by atoms with Gasteiger partial charge in [-0.3, -0.25) is 9.59 Å². The first-order valence-electron chi connectivity index (χ1n) is 10.7. The normalized spacial score (nSPS) is 17.5. The number of amides is 2. The van der Waals surface area contributed by atoms with Crippen LogP contribution in [-0.2, 0) is 19.7 Å². The van der Waals surface area contributed by atoms with Crippen molar-refractivity contribution in [1.29, 1.82) is 0 Å². The van der Waals surface area contributed by atoms with E-state index in [4.69, 9.17) is 16.3 Å². The van der Waals surface area contributed by atoms with Crippen LogP contribution < -0.4 is 10.2 Å². The number of ether oxygens (including phenoxy) is 1. The third-order valence-electron chi connectivity index (χ3n) is 6.27. The van der Waals surface area contributed by atoms with E-state index in [2.05, 4.69) is 10.2 Å². The molecule has 0 radical (unpaired) electrons. The molecular formula is C24H28ClN3O3. The number of hydrogen-bond acceptors (Lipinski definition) is 4. The van der Waals surface area contributed by atoms with Crippen molar-refractivity contribution < 1.29 is 14.3 Å². The molecule has 1 aliphatic heterocycles. The van der Waals surface area contributed by atoms with Crippen molar-refractivity contribution in [3.63, 3.8) is 0 Å². The van der Waals surface area contributed by atoms with E-state index in [-0.39, 0.29) is 18.4 Å². The molecule has 1 saturated heterocycles. The molecule has 1 saturated carbocycles. The van der Waals surface area contributed by atoms with Crippen LogP contribution in [0.15, 0.2) is 48.5 Å². The number of halogens is 1. The van der Waals surface area contributed by atoms with Crippen molar-refractivity contribution in [1.82, 2.24) is 4.90 Å². The predicted octanol–water partition coefficient (Wildman–Crippen LogP) is 3.70. The minimum Gasteiger partial charge on any atom is -0.378 e. The Morgan fingerprint density at radius 2 is 1.71 bits per heavy atom. The van der Waals surface area contributed by atoms with Crippen LogP contribution in [0.1, 0.15) is 24.8 Å². The number of carbonyl (C=O) groups is 2. The second kappa shape index (κ2) is 9.28. The smallest absolute Gasteiger partial charge is 0.243 e. The first-order valence-corrected chi connectivity index (χ1v) is 11.1. The molecule has 1 N–H and O–H groups in total. The van der Waals surface area contributed by atoms with Gasteiger partial charge in [-0.2, -0.15) is 0 Å². The molecule has 1 aliphatic carbocycles. The minimum absolute atomic E-state index is 0.0133. The molecule has 164 valence electrons. The van der Waals surface area contributed by atoms with Crippen molar-refractivity contribution >= 4 is 34.8 Å². The van der Waals surface area contributed by atoms with Crippen LogP contribution in [0.25, 0.3) is 0 Å². The lowest BCUT2D eigenvalue weighted by Gasteiger charge is -2.43. The molecule has 6 nitrogen and oxygen atoms in total. The number of anilines is 2. The summed E-state index contributed by atoms with van der Waals surface area (Å²) in [5.74, 6) is -0.223. The summed E-state index contributed by atoms with van der Waals surface area (Å²) >= 11 is 6.01. The van der Waals surface area contributed by atoms with Crippen LogP contribution >= 0.6 is 11.6 Å². The number of nitrogens with one attached hydrogen (secondary N) is 1. The van der Waals surface area contributed by atoms with Crippen molar-refractivity contribution in [2.75, 3.05) is 50.1 Å². The Kier molecular flexibility index (Phi) is 6.49. The fourth-order valence-corrected chi connectivity index (χ4v) is 4.48. The van der Waals surface area contributed by atoms with E-state index in [0.717, 1.165) is 62.5 Å². The summed E-state index contributed by atoms with van der Waals surface area (Å²) in [7, 11) is 1.69. The summed E-state index contributed by atoms with van der Waals surface area (Å²) in [6.45, 7) is 3.22. The standard InChI is InChI=1S/C24H28ClN3O3/c1-27(23(30)24(11-2-12-24)18-3-5-19(25)6-4-18)17-22(29)26-20-7-9-21(10-8-20)28-13-15-31-16-14-28/h3-10H,2,11-17H2,1H3,(H,26,29). The average molecular weight is 442 g/mol. The lowest BCUT2D eigenvalue weighted by Crippen LogP contribution is -2.51. The van der Waals surface area contributed by atoms with Crippen molar-refractivity contribution in [2.24, 2.45) is 0 Å². The van der Waals surface area contributed by atoms with Gasteiger partial charge in [-0.25, -0.2) is 0 Å². The molecule has 0 unspecified atom stereocenters. The van der Waals surface area contributed by atoms with Crippen LogP contribution in [0.3, 0.4) is 0 Å². The monoisotopic (exact) mass is 441 g/mol. The Hall–Kier alpha value is -2.57. The molecule has 0 aromatic heterocycles. The van der Waals surface area contributed by atoms with Gasteiger partial charge in [0.2, 0.25) is 11.8 Å². The lowest BCUT2D eigenvalue weighted by molar-refractivity contribution is -0.141. The first-order chi connectivity index (χ1) is 15.0. The van der Waals surface area contributed by atoms with E-state index in [1.165, 1.54) is 4.90 Å². The van der Waals surface area contributed by atoms with Gasteiger partial charge in [-0.1, -0.05) is 30.2 Å². The SMILES string of the molecule is CN(CC(=O)Nc1ccc(N2CCOCC2)cc1)C(=O)C1(c2ccc(Cl)cc2)CCC1. The Bertz CT molecular complexity index is 920. The average Bonchev–Trinajstić information content (AvgIpc) is 2.75. The quantitative estimate of drug-likeness (QED) is 0.742. The number of morpholine rings is 1. The second-order valence-corrected chi connectivity index (χ2v) is 8.73. The van der Waals surface area contributed by atoms with Crippen molar-refractivity contribution in [3.8, 4) is 0 Å². The maximum absolute atomic E-state index is 13.2. The molecule has 7 heteroatoms. The Morgan fingerprint density at radius 3 is 2.29 bits per heavy atom. The molecule has 4 rings (SSSR count). The van der Waals surface area contributed by atoms with Gasteiger partial charge in [0.1, 0.15) is 0 Å². The third-order valence-corrected chi connectivity index (χ3v) is 6.52. The summed E-state index contributed by atoms with van der Waals surface area (Å²) < 4.78 is 5.39. The Labute approximate surface area is 188 Å². The minimum atomic E-state index is -0.542. The van der Waals surface area contributed by atoms with Gasteiger partial charge in [0, 0.05) is 36.5 Å². The Balaban J connectivity index is 1.35. The van der Waals surface area contributed by atoms with Crippen LogP contribution in [0.5, 0.6) is 0 Å². The number of hydrogen-bond donors (Lipinski definition) is 1. The van der Waals surface area contributed by atoms with Crippen molar-refractivity contribution in [3.05, 3.63) is 59.1 Å². The zero-order valence-corrected chi connectivity index (χ0v) is 18.5. The van der Waals surface area contributed by atoms with Crippen LogP contribution in [0.4, 0.5) is 11.4 Å². The molecule has 2 aromatic carbocycles. The lowest BCUT2D eigenvalue weighted by atomic mass is 9.63. The zero-order chi connectivity index (χ0) is 21.8. The summed E-state index contributed by atoms with van der Waals surface area (Å²) in [6, 6.07) is 15.3. The Morgan fingerprint density at radius 1 is 1.06 bits per heavy atom. The summed E-state index contributed by atoms with van der Waals surface area (Å²) in [4.78, 5) is 29.6. The molecule has 2 aliphatic rings. The van der Waals surface area contributed by atoms with Gasteiger partial charge < -0.3 is 19.9 Å². The van der Waals surface area contributed by atoms with Gasteiger partial charge in [-0.15, -0.1) is 0 Å². The summed E-state index contributed by atoms with van der Waals surface area (Å²) in [5, 5.41) is 3.55. The highest BCUT2D eigenvalue weighted by molar-refractivity contribution is 6.30. The molecule has 0 spiro atoms. The number of carbonyl (C=O) groups excluding carboxylic acids is 2. The third kappa shape index (κ3) is 4.70. The molecule has 2 aromatic rings. The molecule has 1 heterocycles. The van der Waals surface area contributed by atoms with E-state index in [1.807, 2.05) is 48.5 Å². The number of rotatable bonds is 6. The number of nitrogens with zero attached hydrogens (tertiary/aromatic N) is 2. The van der Waals surface area contributed by atoms with E-state index >= 15 is 0 Å². The van der Waals surface area contributed by atoms with E-state index < -0.39 is 5.41 Å². The van der Waals surface area contributed by atoms with E-state index in [0.29, 0.717) is 5.02 Å². The van der Waals surface area contributed by atoms with Crippen molar-refractivity contribution in [2.45, 2.75) is 24.7 Å². The molecule has 31 heavy (non-hydrogen) atoms. The van der Waals surface area contributed by atoms with Gasteiger partial charge in [0.15, 0.2) is 0 Å². The largest absolute Gasteiger partial charge is 0.378 e. The molecule has 0 bridgehead atoms. The van der Waals surface area contributed by atoms with Crippen LogP contribution in [0.2, 0.25) is 5.02 Å². The van der Waals surface area contributed by atoms with Gasteiger partial charge in [0.25, 0.3) is 0 Å². The maximum atomic E-state index is 13.2. The summed E-state index contributed by atoms with van der Waals surface area (Å²) in [6.07, 6.45) is 2.59. The fourth-order valence-electron chi connectivity index (χ4n) is 4.36. The van der Waals surface area contributed by atoms with Crippen LogP contribution in [0, 0.1) is 0 Å². The highest BCUT2D eigenvalue weighted by atomic mass is 35.5. The highest BCUT2D eigenvalue weighted by Gasteiger charge is 2.47. The summed E-state index contributed by atoms with van der Waals surface area (Å²) in [5.41, 5.74) is 2.26. The van der Waals surface area contributed by atoms with Crippen LogP contribution in [-0.4, -0.2) is 56.6 Å². The predicted molar refractivity (Wildman–Crippen MR) is 123 cm³/mol. The highest BCUT2D eigenvalue weighted by Crippen LogP contribution is 2.45. The fraction of sp³-hybridized carbons (Fsp3) is 0.417. The van der Waals surface area contributed by atoms with Gasteiger partial charge in [-0.05, 0) is 54.8 Å². The molecular weight excluding hydrogens is 414 g/mol. The van der Waals surface area contributed by atoms with E-state index in [9.17, 15) is 9.59 Å². The van der Waals surface area contributed by atoms with E-state index in [1.54, 1.807) is 7.05 Å². The maximum Gasteiger partial charge on any atom is 0.243 e. The second-order valence-electron chi connectivity index (χ2n) is 8.30. The van der Waals surface area contributed by atoms with Gasteiger partial charge in [0.05, 0.1) is 25.2 Å². The van der Waals surface area contributed by atoms with Gasteiger partial charge >= 0.3 is 0 Å².